The van der Waals surface area contributed by atoms with Crippen LogP contribution in [-0.2, 0) is 4.74 Å². The molecule has 2 aromatic rings. The fraction of sp³-hybridized carbons (Fsp3) is 0.364. The van der Waals surface area contributed by atoms with Crippen LogP contribution in [0, 0.1) is 13.8 Å². The van der Waals surface area contributed by atoms with E-state index in [9.17, 15) is 4.79 Å². The van der Waals surface area contributed by atoms with Crippen molar-refractivity contribution in [3.8, 4) is 0 Å². The smallest absolute Gasteiger partial charge is 0.257 e. The Hall–Kier alpha value is -2.41. The number of ether oxygens (including phenoxy) is 1. The Balaban J connectivity index is 1.72. The Morgan fingerprint density at radius 3 is 2.59 bits per heavy atom. The van der Waals surface area contributed by atoms with Gasteiger partial charge >= 0.3 is 0 Å². The molecule has 0 spiro atoms. The highest BCUT2D eigenvalue weighted by Gasteiger charge is 2.12. The molecule has 1 aliphatic heterocycles. The minimum Gasteiger partial charge on any atom is -0.379 e. The van der Waals surface area contributed by atoms with Crippen molar-refractivity contribution < 1.29 is 9.53 Å². The number of aliphatic imine (C=N–C) groups is 1. The molecule has 2 N–H and O–H groups in total. The van der Waals surface area contributed by atoms with Crippen LogP contribution in [0.1, 0.15) is 21.5 Å². The third-order valence-electron chi connectivity index (χ3n) is 4.77. The Labute approximate surface area is 176 Å². The second-order valence-corrected chi connectivity index (χ2v) is 7.53. The van der Waals surface area contributed by atoms with E-state index in [1.54, 1.807) is 24.3 Å². The van der Waals surface area contributed by atoms with Crippen LogP contribution in [0.15, 0.2) is 47.5 Å². The topological polar surface area (TPSA) is 66.0 Å². The molecule has 1 aliphatic rings. The first-order chi connectivity index (χ1) is 14.0. The summed E-state index contributed by atoms with van der Waals surface area (Å²) in [5.41, 5.74) is 3.66. The van der Waals surface area contributed by atoms with Crippen LogP contribution in [0.2, 0.25) is 5.02 Å². The van der Waals surface area contributed by atoms with Gasteiger partial charge in [-0.3, -0.25) is 20.0 Å². The lowest BCUT2D eigenvalue weighted by atomic mass is 10.1. The maximum atomic E-state index is 12.7. The minimum atomic E-state index is -0.232. The van der Waals surface area contributed by atoms with Gasteiger partial charge in [0.1, 0.15) is 0 Å². The van der Waals surface area contributed by atoms with Crippen LogP contribution < -0.4 is 10.6 Å². The summed E-state index contributed by atoms with van der Waals surface area (Å²) in [6.07, 6.45) is 0. The number of anilines is 1. The van der Waals surface area contributed by atoms with Crippen molar-refractivity contribution in [1.29, 1.82) is 0 Å². The molecule has 0 atom stereocenters. The molecule has 7 heteroatoms. The van der Waals surface area contributed by atoms with E-state index in [-0.39, 0.29) is 5.91 Å². The number of amides is 1. The fourth-order valence-corrected chi connectivity index (χ4v) is 3.14. The van der Waals surface area contributed by atoms with E-state index in [2.05, 4.69) is 26.6 Å². The first-order valence-electron chi connectivity index (χ1n) is 9.77. The Morgan fingerprint density at radius 1 is 1.14 bits per heavy atom. The predicted octanol–water partition coefficient (Wildman–Crippen LogP) is 3.49. The molecule has 1 heterocycles. The zero-order valence-corrected chi connectivity index (χ0v) is 17.6. The summed E-state index contributed by atoms with van der Waals surface area (Å²) in [7, 11) is 0. The zero-order valence-electron chi connectivity index (χ0n) is 16.9. The molecular formula is C22H27ClN4O2. The first-order valence-corrected chi connectivity index (χ1v) is 10.1. The van der Waals surface area contributed by atoms with Gasteiger partial charge in [0.2, 0.25) is 5.96 Å². The largest absolute Gasteiger partial charge is 0.379 e. The van der Waals surface area contributed by atoms with E-state index in [1.165, 1.54) is 0 Å². The highest BCUT2D eigenvalue weighted by molar-refractivity contribution is 6.30. The lowest BCUT2D eigenvalue weighted by Crippen LogP contribution is -2.39. The van der Waals surface area contributed by atoms with Crippen molar-refractivity contribution in [1.82, 2.24) is 10.2 Å². The summed E-state index contributed by atoms with van der Waals surface area (Å²) in [5, 5.41) is 6.78. The van der Waals surface area contributed by atoms with Crippen LogP contribution in [0.5, 0.6) is 0 Å². The van der Waals surface area contributed by atoms with Crippen LogP contribution in [0.4, 0.5) is 5.69 Å². The summed E-state index contributed by atoms with van der Waals surface area (Å²) in [6.45, 7) is 8.78. The molecule has 0 saturated carbocycles. The van der Waals surface area contributed by atoms with Crippen molar-refractivity contribution in [3.05, 3.63) is 64.2 Å². The summed E-state index contributed by atoms with van der Waals surface area (Å²) in [6, 6.07) is 12.9. The van der Waals surface area contributed by atoms with Gasteiger partial charge in [-0.05, 0) is 55.3 Å². The highest BCUT2D eigenvalue weighted by Crippen LogP contribution is 2.16. The molecule has 29 heavy (non-hydrogen) atoms. The number of halogens is 1. The number of aryl methyl sites for hydroxylation is 2. The number of carbonyl (C=O) groups excluding carboxylic acids is 1. The molecule has 154 valence electrons. The van der Waals surface area contributed by atoms with Crippen LogP contribution in [-0.4, -0.2) is 56.2 Å². The summed E-state index contributed by atoms with van der Waals surface area (Å²) in [4.78, 5) is 19.6. The SMILES string of the molecule is Cc1ccc(C)c(NC(=NCCN2CCOCC2)NC(=O)c2ccc(Cl)cc2)c1. The quantitative estimate of drug-likeness (QED) is 0.580. The standard InChI is InChI=1S/C22H27ClN4O2/c1-16-3-4-17(2)20(15-16)25-22(24-9-10-27-11-13-29-14-12-27)26-21(28)18-5-7-19(23)8-6-18/h3-8,15H,9-14H2,1-2H3,(H2,24,25,26,28). The lowest BCUT2D eigenvalue weighted by molar-refractivity contribution is 0.0394. The number of benzene rings is 2. The van der Waals surface area contributed by atoms with Crippen LogP contribution >= 0.6 is 11.6 Å². The molecule has 1 fully saturated rings. The number of hydrogen-bond acceptors (Lipinski definition) is 4. The molecule has 1 saturated heterocycles. The highest BCUT2D eigenvalue weighted by atomic mass is 35.5. The number of morpholine rings is 1. The van der Waals surface area contributed by atoms with Gasteiger partial charge in [-0.2, -0.15) is 0 Å². The number of hydrogen-bond donors (Lipinski definition) is 2. The second kappa shape index (κ2) is 10.4. The normalized spacial score (nSPS) is 15.2. The van der Waals surface area contributed by atoms with Crippen molar-refractivity contribution in [2.45, 2.75) is 13.8 Å². The van der Waals surface area contributed by atoms with Crippen molar-refractivity contribution in [2.75, 3.05) is 44.7 Å². The maximum absolute atomic E-state index is 12.7. The van der Waals surface area contributed by atoms with E-state index in [4.69, 9.17) is 16.3 Å². The first kappa shape index (κ1) is 21.3. The number of guanidine groups is 1. The molecule has 0 bridgehead atoms. The van der Waals surface area contributed by atoms with Crippen molar-refractivity contribution >= 4 is 29.2 Å². The number of nitrogens with zero attached hydrogens (tertiary/aromatic N) is 2. The Morgan fingerprint density at radius 2 is 1.86 bits per heavy atom. The molecule has 1 amide bonds. The Bertz CT molecular complexity index is 862. The molecule has 6 nitrogen and oxygen atoms in total. The van der Waals surface area contributed by atoms with Gasteiger partial charge in [-0.25, -0.2) is 0 Å². The van der Waals surface area contributed by atoms with Crippen molar-refractivity contribution in [3.63, 3.8) is 0 Å². The number of carbonyl (C=O) groups is 1. The molecule has 2 aromatic carbocycles. The van der Waals surface area contributed by atoms with Gasteiger partial charge in [-0.15, -0.1) is 0 Å². The van der Waals surface area contributed by atoms with Crippen molar-refractivity contribution in [2.24, 2.45) is 4.99 Å². The average molecular weight is 415 g/mol. The molecule has 0 radical (unpaired) electrons. The molecule has 0 aliphatic carbocycles. The third kappa shape index (κ3) is 6.56. The molecule has 3 rings (SSSR count). The van der Waals surface area contributed by atoms with E-state index in [0.29, 0.717) is 23.1 Å². The molecule has 0 aromatic heterocycles. The zero-order chi connectivity index (χ0) is 20.6. The average Bonchev–Trinajstić information content (AvgIpc) is 2.72. The monoisotopic (exact) mass is 414 g/mol. The van der Waals surface area contributed by atoms with Gasteiger partial charge in [0.15, 0.2) is 0 Å². The number of rotatable bonds is 5. The summed E-state index contributed by atoms with van der Waals surface area (Å²) < 4.78 is 5.38. The minimum absolute atomic E-state index is 0.232. The third-order valence-corrected chi connectivity index (χ3v) is 5.03. The van der Waals surface area contributed by atoms with Gasteiger partial charge in [0.25, 0.3) is 5.91 Å². The molecular weight excluding hydrogens is 388 g/mol. The van der Waals surface area contributed by atoms with Gasteiger partial charge in [0.05, 0.1) is 19.8 Å². The summed E-state index contributed by atoms with van der Waals surface area (Å²) in [5.74, 6) is 0.205. The molecule has 0 unspecified atom stereocenters. The van der Waals surface area contributed by atoms with E-state index in [0.717, 1.165) is 49.7 Å². The maximum Gasteiger partial charge on any atom is 0.257 e. The lowest BCUT2D eigenvalue weighted by Gasteiger charge is -2.25. The number of nitrogens with one attached hydrogen (secondary N) is 2. The van der Waals surface area contributed by atoms with E-state index < -0.39 is 0 Å². The van der Waals surface area contributed by atoms with E-state index in [1.807, 2.05) is 26.0 Å². The van der Waals surface area contributed by atoms with Crippen LogP contribution in [0.3, 0.4) is 0 Å². The predicted molar refractivity (Wildman–Crippen MR) is 118 cm³/mol. The van der Waals surface area contributed by atoms with Gasteiger partial charge in [0, 0.05) is 35.9 Å². The van der Waals surface area contributed by atoms with Crippen LogP contribution in [0.25, 0.3) is 0 Å². The second-order valence-electron chi connectivity index (χ2n) is 7.09. The van der Waals surface area contributed by atoms with E-state index >= 15 is 0 Å². The summed E-state index contributed by atoms with van der Waals surface area (Å²) >= 11 is 5.92. The van der Waals surface area contributed by atoms with Gasteiger partial charge < -0.3 is 10.1 Å². The van der Waals surface area contributed by atoms with Gasteiger partial charge in [-0.1, -0.05) is 23.7 Å². The fourth-order valence-electron chi connectivity index (χ4n) is 3.02. The Kier molecular flexibility index (Phi) is 7.63.